The number of hydrogen-bond acceptors (Lipinski definition) is 8. The number of amides is 1. The van der Waals surface area contributed by atoms with E-state index < -0.39 is 24.5 Å². The predicted molar refractivity (Wildman–Crippen MR) is 122 cm³/mol. The highest BCUT2D eigenvalue weighted by molar-refractivity contribution is 7.17. The van der Waals surface area contributed by atoms with Crippen molar-refractivity contribution in [2.75, 3.05) is 18.5 Å². The van der Waals surface area contributed by atoms with Gasteiger partial charge in [0.05, 0.1) is 24.8 Å². The SMILES string of the molecule is CCOC(=O)c1c(NC(=O)COC(=O)CCc2ncc(-c3ccc(F)cc3)o2)sc2c1CCC2. The number of halogens is 1. The Kier molecular flexibility index (Phi) is 7.36. The molecule has 3 aromatic rings. The number of nitrogens with zero attached hydrogens (tertiary/aromatic N) is 1. The molecule has 34 heavy (non-hydrogen) atoms. The zero-order chi connectivity index (χ0) is 24.1. The van der Waals surface area contributed by atoms with Gasteiger partial charge in [-0.15, -0.1) is 11.3 Å². The van der Waals surface area contributed by atoms with Crippen molar-refractivity contribution < 1.29 is 32.7 Å². The van der Waals surface area contributed by atoms with E-state index in [2.05, 4.69) is 10.3 Å². The normalized spacial score (nSPS) is 12.3. The number of thiophene rings is 1. The maximum atomic E-state index is 13.0. The van der Waals surface area contributed by atoms with E-state index >= 15 is 0 Å². The van der Waals surface area contributed by atoms with Crippen molar-refractivity contribution in [3.63, 3.8) is 0 Å². The Morgan fingerprint density at radius 2 is 1.97 bits per heavy atom. The highest BCUT2D eigenvalue weighted by Crippen LogP contribution is 2.39. The van der Waals surface area contributed by atoms with Crippen LogP contribution in [0, 0.1) is 5.82 Å². The minimum Gasteiger partial charge on any atom is -0.462 e. The van der Waals surface area contributed by atoms with Crippen LogP contribution in [-0.2, 0) is 38.3 Å². The Labute approximate surface area is 199 Å². The summed E-state index contributed by atoms with van der Waals surface area (Å²) in [5, 5.41) is 3.11. The third kappa shape index (κ3) is 5.51. The minimum absolute atomic E-state index is 0.0297. The second-order valence-electron chi connectivity index (χ2n) is 7.62. The smallest absolute Gasteiger partial charge is 0.341 e. The molecular formula is C24H23FN2O6S. The number of rotatable bonds is 9. The fourth-order valence-corrected chi connectivity index (χ4v) is 4.97. The van der Waals surface area contributed by atoms with Crippen LogP contribution in [-0.4, -0.2) is 36.0 Å². The van der Waals surface area contributed by atoms with Crippen molar-refractivity contribution in [1.29, 1.82) is 0 Å². The van der Waals surface area contributed by atoms with E-state index in [-0.39, 0.29) is 25.3 Å². The number of fused-ring (bicyclic) bond motifs is 1. The van der Waals surface area contributed by atoms with Gasteiger partial charge >= 0.3 is 11.9 Å². The molecule has 178 valence electrons. The number of aromatic nitrogens is 1. The molecule has 0 saturated heterocycles. The summed E-state index contributed by atoms with van der Waals surface area (Å²) in [6.07, 6.45) is 4.26. The second-order valence-corrected chi connectivity index (χ2v) is 8.72. The van der Waals surface area contributed by atoms with Gasteiger partial charge in [0.1, 0.15) is 10.8 Å². The number of nitrogens with one attached hydrogen (secondary N) is 1. The molecule has 0 saturated carbocycles. The molecule has 0 radical (unpaired) electrons. The first-order valence-electron chi connectivity index (χ1n) is 10.9. The van der Waals surface area contributed by atoms with Gasteiger partial charge in [-0.05, 0) is 56.0 Å². The third-order valence-corrected chi connectivity index (χ3v) is 6.45. The number of ether oxygens (including phenoxy) is 2. The molecule has 2 aromatic heterocycles. The van der Waals surface area contributed by atoms with Crippen LogP contribution in [0.5, 0.6) is 0 Å². The Hall–Kier alpha value is -3.53. The number of carbonyl (C=O) groups is 3. The van der Waals surface area contributed by atoms with Crippen LogP contribution in [0.2, 0.25) is 0 Å². The summed E-state index contributed by atoms with van der Waals surface area (Å²) >= 11 is 1.36. The van der Waals surface area contributed by atoms with E-state index in [9.17, 15) is 18.8 Å². The summed E-state index contributed by atoms with van der Waals surface area (Å²) in [5.41, 5.74) is 2.00. The maximum absolute atomic E-state index is 13.0. The van der Waals surface area contributed by atoms with Gasteiger partial charge in [0.15, 0.2) is 18.3 Å². The van der Waals surface area contributed by atoms with Crippen molar-refractivity contribution in [2.24, 2.45) is 0 Å². The molecule has 1 aromatic carbocycles. The molecule has 0 bridgehead atoms. The monoisotopic (exact) mass is 486 g/mol. The number of carbonyl (C=O) groups excluding carboxylic acids is 3. The van der Waals surface area contributed by atoms with Crippen molar-refractivity contribution in [3.05, 3.63) is 58.2 Å². The standard InChI is InChI=1S/C24H23FN2O6S/c1-2-31-24(30)22-16-4-3-5-18(16)34-23(22)27-19(28)13-32-21(29)11-10-20-26-12-17(33-20)14-6-8-15(25)9-7-14/h6-9,12H,2-5,10-11,13H2,1H3,(H,27,28). The van der Waals surface area contributed by atoms with Crippen molar-refractivity contribution in [3.8, 4) is 11.3 Å². The van der Waals surface area contributed by atoms with E-state index in [0.29, 0.717) is 27.8 Å². The second kappa shape index (κ2) is 10.6. The summed E-state index contributed by atoms with van der Waals surface area (Å²) < 4.78 is 28.8. The third-order valence-electron chi connectivity index (χ3n) is 5.24. The van der Waals surface area contributed by atoms with Crippen LogP contribution >= 0.6 is 11.3 Å². The molecule has 0 unspecified atom stereocenters. The number of benzene rings is 1. The minimum atomic E-state index is -0.587. The van der Waals surface area contributed by atoms with E-state index in [1.165, 1.54) is 29.7 Å². The fraction of sp³-hybridized carbons (Fsp3) is 0.333. The molecule has 0 atom stereocenters. The first kappa shape index (κ1) is 23.6. The van der Waals surface area contributed by atoms with Gasteiger partial charge in [-0.2, -0.15) is 0 Å². The molecule has 2 heterocycles. The van der Waals surface area contributed by atoms with Crippen LogP contribution in [0.4, 0.5) is 9.39 Å². The summed E-state index contributed by atoms with van der Waals surface area (Å²) in [5.74, 6) is -1.14. The average Bonchev–Trinajstić information content (AvgIpc) is 3.53. The van der Waals surface area contributed by atoms with Crippen LogP contribution in [0.3, 0.4) is 0 Å². The lowest BCUT2D eigenvalue weighted by atomic mass is 10.1. The molecule has 1 aliphatic carbocycles. The fourth-order valence-electron chi connectivity index (χ4n) is 3.67. The number of esters is 2. The molecule has 1 amide bonds. The molecular weight excluding hydrogens is 463 g/mol. The van der Waals surface area contributed by atoms with Gasteiger partial charge in [0.2, 0.25) is 0 Å². The number of oxazole rings is 1. The number of anilines is 1. The molecule has 1 N–H and O–H groups in total. The quantitative estimate of drug-likeness (QED) is 0.449. The lowest BCUT2D eigenvalue weighted by Crippen LogP contribution is -2.22. The predicted octanol–water partition coefficient (Wildman–Crippen LogP) is 4.32. The zero-order valence-corrected chi connectivity index (χ0v) is 19.3. The zero-order valence-electron chi connectivity index (χ0n) is 18.5. The highest BCUT2D eigenvalue weighted by Gasteiger charge is 2.28. The first-order chi connectivity index (χ1) is 16.4. The van der Waals surface area contributed by atoms with Gasteiger partial charge in [-0.3, -0.25) is 9.59 Å². The van der Waals surface area contributed by atoms with Crippen molar-refractivity contribution in [1.82, 2.24) is 4.98 Å². The van der Waals surface area contributed by atoms with Crippen molar-refractivity contribution >= 4 is 34.2 Å². The van der Waals surface area contributed by atoms with E-state index in [1.54, 1.807) is 19.1 Å². The highest BCUT2D eigenvalue weighted by atomic mass is 32.1. The van der Waals surface area contributed by atoms with Crippen LogP contribution in [0.15, 0.2) is 34.9 Å². The molecule has 0 aliphatic heterocycles. The van der Waals surface area contributed by atoms with E-state index in [4.69, 9.17) is 13.9 Å². The largest absolute Gasteiger partial charge is 0.462 e. The summed E-state index contributed by atoms with van der Waals surface area (Å²) in [7, 11) is 0. The van der Waals surface area contributed by atoms with Gasteiger partial charge < -0.3 is 19.2 Å². The van der Waals surface area contributed by atoms with Crippen LogP contribution < -0.4 is 5.32 Å². The lowest BCUT2D eigenvalue weighted by molar-refractivity contribution is -0.147. The Morgan fingerprint density at radius 3 is 2.74 bits per heavy atom. The topological polar surface area (TPSA) is 108 Å². The molecule has 8 nitrogen and oxygen atoms in total. The Morgan fingerprint density at radius 1 is 1.18 bits per heavy atom. The van der Waals surface area contributed by atoms with Gasteiger partial charge in [-0.25, -0.2) is 14.2 Å². The summed E-state index contributed by atoms with van der Waals surface area (Å²) in [6, 6.07) is 5.78. The number of hydrogen-bond donors (Lipinski definition) is 1. The Bertz CT molecular complexity index is 1200. The van der Waals surface area contributed by atoms with Gasteiger partial charge in [-0.1, -0.05) is 0 Å². The molecule has 4 rings (SSSR count). The molecule has 10 heteroatoms. The van der Waals surface area contributed by atoms with Gasteiger partial charge in [0, 0.05) is 16.9 Å². The summed E-state index contributed by atoms with van der Waals surface area (Å²) in [6.45, 7) is 1.49. The van der Waals surface area contributed by atoms with Crippen LogP contribution in [0.1, 0.15) is 46.5 Å². The summed E-state index contributed by atoms with van der Waals surface area (Å²) in [4.78, 5) is 42.0. The van der Waals surface area contributed by atoms with E-state index in [1.807, 2.05) is 0 Å². The molecule has 0 fully saturated rings. The first-order valence-corrected chi connectivity index (χ1v) is 11.7. The van der Waals surface area contributed by atoms with Crippen molar-refractivity contribution in [2.45, 2.75) is 39.0 Å². The Balaban J connectivity index is 1.27. The van der Waals surface area contributed by atoms with E-state index in [0.717, 1.165) is 29.7 Å². The number of aryl methyl sites for hydroxylation is 2. The van der Waals surface area contributed by atoms with Gasteiger partial charge in [0.25, 0.3) is 5.91 Å². The lowest BCUT2D eigenvalue weighted by Gasteiger charge is -2.08. The maximum Gasteiger partial charge on any atom is 0.341 e. The van der Waals surface area contributed by atoms with Crippen LogP contribution in [0.25, 0.3) is 11.3 Å². The molecule has 0 spiro atoms. The average molecular weight is 487 g/mol. The molecule has 1 aliphatic rings.